The Morgan fingerprint density at radius 2 is 0.529 bits per heavy atom. The molecule has 30 nitrogen and oxygen atoms in total. The van der Waals surface area contributed by atoms with E-state index in [4.69, 9.17) is 56.8 Å². The van der Waals surface area contributed by atoms with Gasteiger partial charge in [-0.3, -0.25) is 38.6 Å². The number of hydrogen-bond acceptors (Lipinski definition) is 26. The summed E-state index contributed by atoms with van der Waals surface area (Å²) >= 11 is 0. The lowest BCUT2D eigenvalue weighted by atomic mass is 9.80. The molecular formula is C110H84N8O22. The number of imide groups is 2. The number of ether oxygens (including phenoxy) is 12. The molecule has 0 bridgehead atoms. The number of hydrogen-bond donors (Lipinski definition) is 2. The van der Waals surface area contributed by atoms with Gasteiger partial charge in [0.1, 0.15) is 104 Å². The summed E-state index contributed by atoms with van der Waals surface area (Å²) in [5.74, 6) is -6.63. The van der Waals surface area contributed by atoms with Crippen LogP contribution in [0.4, 0.5) is 0 Å². The van der Waals surface area contributed by atoms with E-state index in [0.29, 0.717) is 36.8 Å². The maximum absolute atomic E-state index is 17.1. The van der Waals surface area contributed by atoms with E-state index in [2.05, 4.69) is 56.9 Å². The van der Waals surface area contributed by atoms with E-state index in [1.807, 2.05) is 12.1 Å². The van der Waals surface area contributed by atoms with Gasteiger partial charge in [-0.1, -0.05) is 126 Å². The Hall–Kier alpha value is -18.2. The van der Waals surface area contributed by atoms with Crippen molar-refractivity contribution in [2.24, 2.45) is 0 Å². The molecule has 6 amide bonds. The number of carbonyl (C=O) groups excluding carboxylic acids is 10. The lowest BCUT2D eigenvalue weighted by Crippen LogP contribution is -2.56. The lowest BCUT2D eigenvalue weighted by Gasteiger charge is -2.36. The molecule has 2 atom stereocenters. The van der Waals surface area contributed by atoms with Crippen molar-refractivity contribution >= 4 is 102 Å². The van der Waals surface area contributed by atoms with Gasteiger partial charge in [0.25, 0.3) is 23.6 Å². The molecule has 4 aliphatic rings. The molecule has 11 aromatic carbocycles. The number of esters is 4. The van der Waals surface area contributed by atoms with Gasteiger partial charge >= 0.3 is 23.9 Å². The van der Waals surface area contributed by atoms with E-state index < -0.39 is 71.4 Å². The number of amides is 6. The van der Waals surface area contributed by atoms with Crippen LogP contribution in [0.3, 0.4) is 0 Å². The van der Waals surface area contributed by atoms with Gasteiger partial charge in [-0.05, 0) is 182 Å². The number of nitrogens with one attached hydrogen (secondary N) is 2. The van der Waals surface area contributed by atoms with Crippen molar-refractivity contribution in [2.75, 3.05) is 0 Å². The molecule has 15 aromatic rings. The molecule has 6 heterocycles. The second kappa shape index (κ2) is 40.1. The van der Waals surface area contributed by atoms with Gasteiger partial charge in [0.05, 0.1) is 22.3 Å². The van der Waals surface area contributed by atoms with Crippen LogP contribution in [0.1, 0.15) is 117 Å². The van der Waals surface area contributed by atoms with Gasteiger partial charge in [-0.15, -0.1) is 0 Å². The summed E-state index contributed by atoms with van der Waals surface area (Å²) in [6, 6.07) is 56.8. The highest BCUT2D eigenvalue weighted by molar-refractivity contribution is 6.45. The van der Waals surface area contributed by atoms with Crippen LogP contribution in [0, 0.1) is 0 Å². The number of aromatic nitrogens is 4. The number of carbonyl (C=O) groups is 10. The third-order valence-electron chi connectivity index (χ3n) is 24.1. The van der Waals surface area contributed by atoms with Crippen LogP contribution in [-0.2, 0) is 41.6 Å². The van der Waals surface area contributed by atoms with Gasteiger partial charge < -0.3 is 67.5 Å². The van der Waals surface area contributed by atoms with Crippen molar-refractivity contribution in [3.8, 4) is 116 Å². The molecule has 2 unspecified atom stereocenters. The average molecular weight is 1870 g/mol. The lowest BCUT2D eigenvalue weighted by molar-refractivity contribution is -0.129. The van der Waals surface area contributed by atoms with Gasteiger partial charge in [0, 0.05) is 141 Å². The highest BCUT2D eigenvalue weighted by Gasteiger charge is 2.47. The van der Waals surface area contributed by atoms with Crippen molar-refractivity contribution in [3.63, 3.8) is 0 Å². The van der Waals surface area contributed by atoms with Crippen LogP contribution in [0.2, 0.25) is 0 Å². The Labute approximate surface area is 799 Å². The molecule has 2 aliphatic carbocycles. The molecule has 140 heavy (non-hydrogen) atoms. The maximum Gasteiger partial charge on any atom is 0.335 e. The van der Waals surface area contributed by atoms with Crippen LogP contribution >= 0.6 is 0 Å². The second-order valence-electron chi connectivity index (χ2n) is 33.3. The highest BCUT2D eigenvalue weighted by Crippen LogP contribution is 2.59. The molecule has 0 saturated heterocycles. The minimum Gasteiger partial charge on any atom is -0.457 e. The van der Waals surface area contributed by atoms with Crippen LogP contribution in [0.15, 0.2) is 306 Å². The summed E-state index contributed by atoms with van der Waals surface area (Å²) in [4.78, 5) is 169. The van der Waals surface area contributed by atoms with Gasteiger partial charge in [0.2, 0.25) is 35.3 Å². The van der Waals surface area contributed by atoms with Crippen LogP contribution in [0.25, 0.3) is 43.1 Å². The molecule has 4 aromatic heterocycles. The molecule has 2 aliphatic heterocycles. The first-order chi connectivity index (χ1) is 68.2. The zero-order chi connectivity index (χ0) is 96.6. The monoisotopic (exact) mass is 1870 g/mol. The number of pyridine rings is 4. The first-order valence-corrected chi connectivity index (χ1v) is 45.1. The van der Waals surface area contributed by atoms with Crippen LogP contribution in [0.5, 0.6) is 116 Å². The summed E-state index contributed by atoms with van der Waals surface area (Å²) in [7, 11) is 0. The zero-order valence-corrected chi connectivity index (χ0v) is 74.8. The van der Waals surface area contributed by atoms with Crippen molar-refractivity contribution in [1.29, 1.82) is 0 Å². The summed E-state index contributed by atoms with van der Waals surface area (Å²) in [5.41, 5.74) is 0.581. The minimum atomic E-state index is -1.52. The normalized spacial score (nSPS) is 14.0. The molecular weight excluding hydrogens is 1790 g/mol. The number of nitrogens with zero attached hydrogens (tertiary/aromatic N) is 6. The Morgan fingerprint density at radius 1 is 0.293 bits per heavy atom. The Bertz CT molecular complexity index is 6680. The largest absolute Gasteiger partial charge is 0.457 e. The summed E-state index contributed by atoms with van der Waals surface area (Å²) < 4.78 is 76.3. The number of benzene rings is 11. The van der Waals surface area contributed by atoms with E-state index >= 15 is 28.8 Å². The van der Waals surface area contributed by atoms with Gasteiger partial charge in [-0.2, -0.15) is 0 Å². The van der Waals surface area contributed by atoms with Crippen molar-refractivity contribution in [1.82, 2.24) is 40.4 Å². The van der Waals surface area contributed by atoms with Crippen molar-refractivity contribution in [2.45, 2.75) is 101 Å². The smallest absolute Gasteiger partial charge is 0.335 e. The first kappa shape index (κ1) is 90.9. The fourth-order valence-electron chi connectivity index (χ4n) is 17.8. The molecule has 19 rings (SSSR count). The third-order valence-corrected chi connectivity index (χ3v) is 24.1. The molecule has 0 spiro atoms. The van der Waals surface area contributed by atoms with E-state index in [9.17, 15) is 19.2 Å². The fraction of sp³-hybridized carbons (Fsp3) is 0.145. The Balaban J connectivity index is 0.892. The second-order valence-corrected chi connectivity index (χ2v) is 33.3. The molecule has 2 fully saturated rings. The topological polar surface area (TPSA) is 364 Å². The van der Waals surface area contributed by atoms with E-state index in [-0.39, 0.29) is 206 Å². The van der Waals surface area contributed by atoms with Crippen LogP contribution in [-0.4, -0.2) is 113 Å². The molecule has 696 valence electrons. The summed E-state index contributed by atoms with van der Waals surface area (Å²) in [6.07, 6.45) is 17.1. The average Bonchev–Trinajstić information content (AvgIpc) is 0.668. The number of rotatable bonds is 34. The quantitative estimate of drug-likeness (QED) is 0.0124. The van der Waals surface area contributed by atoms with E-state index in [1.54, 1.807) is 146 Å². The van der Waals surface area contributed by atoms with Gasteiger partial charge in [-0.25, -0.2) is 39.1 Å². The predicted octanol–water partition coefficient (Wildman–Crippen LogP) is 21.3. The van der Waals surface area contributed by atoms with E-state index in [0.717, 1.165) is 72.6 Å². The van der Waals surface area contributed by atoms with Gasteiger partial charge in [0.15, 0.2) is 0 Å². The molecule has 30 heteroatoms. The fourth-order valence-corrected chi connectivity index (χ4v) is 17.8. The predicted molar refractivity (Wildman–Crippen MR) is 513 cm³/mol. The first-order valence-electron chi connectivity index (χ1n) is 45.1. The highest BCUT2D eigenvalue weighted by atomic mass is 16.6. The van der Waals surface area contributed by atoms with Crippen molar-refractivity contribution < 1.29 is 105 Å². The van der Waals surface area contributed by atoms with E-state index in [1.165, 1.54) is 97.6 Å². The Kier molecular flexibility index (Phi) is 26.1. The zero-order valence-electron chi connectivity index (χ0n) is 74.8. The van der Waals surface area contributed by atoms with Crippen LogP contribution < -0.4 is 67.5 Å². The number of fused-ring (bicyclic) bond motifs is 2. The third kappa shape index (κ3) is 19.6. The summed E-state index contributed by atoms with van der Waals surface area (Å²) in [6.45, 7) is 14.0. The molecule has 2 saturated carbocycles. The molecule has 0 radical (unpaired) electrons. The molecule has 2 N–H and O–H groups in total. The summed E-state index contributed by atoms with van der Waals surface area (Å²) in [5, 5.41) is 6.81. The van der Waals surface area contributed by atoms with Crippen molar-refractivity contribution in [3.05, 3.63) is 339 Å². The standard InChI is InChI=1S/C110H84N8O22/c1-5-93(119)137-75-45-49-111-89(55-75)133-71-37-29-67(30-38-71)129-85-59-79-97-80(108(126)117(107(79)125)83(53-63-21-13-9-14-22-63)105(123)115-65-25-17-11-18-26-65)61-87(131-69-33-41-73(42-34-69)135-91-57-77(47-51-113-91)139-95(121)7-3)101-102-88(132-70-35-43-74(44-36-70)136-92-58-78(48-52-114-92)140-96(122)8-4)62-82-98-81(109(127)118(110(82)128)84(54-64-23-15-10-16-24-64)106(124)116-66-27-19-12-20-28-66)60-86(100(104(98)102)99(85)103(97)101)130-68-31-39-72(40-32-68)134-90-56-76(46-50-112-90)138-94(120)6-2/h5-10,13-16,21-24,29-52,55-62,65-66,83-84H,1-4,11-12,17-20,25-28,53-54H2,(H,115,123)(H,116,124). The SMILES string of the molecule is C=CC(=O)Oc1ccnc(Oc2ccc(Oc3cc4c5c(cc(Oc6ccc(Oc7cc(OC(=O)C=C)ccn7)cc6)c6c7c(Oc8ccc(Oc9cc(OC(=O)C=C)ccn9)cc8)cc8c9c(cc(Oc%10ccc(Oc%11cc(OC(=O)C=C)ccn%11)cc%10)c(c3c56)c97)C(=O)N(C(Cc3ccccc3)C(=O)NC3CCCCC3)C8=O)C(=O)N(C(Cc3ccccc3)C(=O)NC3CCCCC3)C4=O)cc2)c1. The minimum absolute atomic E-state index is 0.000446. The maximum atomic E-state index is 17.1. The Morgan fingerprint density at radius 3 is 0.764 bits per heavy atom.